The Morgan fingerprint density at radius 1 is 1.35 bits per heavy atom. The van der Waals surface area contributed by atoms with E-state index >= 15 is 0 Å². The van der Waals surface area contributed by atoms with E-state index in [0.717, 1.165) is 44.3 Å². The SMILES string of the molecule is CC(C)C1CCN(C(=O)C2(C)CCCN2)CC1. The second kappa shape index (κ2) is 4.97. The van der Waals surface area contributed by atoms with Gasteiger partial charge in [0.1, 0.15) is 0 Å². The normalized spacial score (nSPS) is 31.2. The Labute approximate surface area is 105 Å². The van der Waals surface area contributed by atoms with Crippen molar-refractivity contribution in [1.29, 1.82) is 0 Å². The van der Waals surface area contributed by atoms with Crippen molar-refractivity contribution in [2.75, 3.05) is 19.6 Å². The summed E-state index contributed by atoms with van der Waals surface area (Å²) in [4.78, 5) is 14.5. The highest BCUT2D eigenvalue weighted by molar-refractivity contribution is 5.86. The van der Waals surface area contributed by atoms with Crippen LogP contribution in [0.2, 0.25) is 0 Å². The molecule has 0 radical (unpaired) electrons. The predicted octanol–water partition coefficient (Wildman–Crippen LogP) is 2.02. The zero-order valence-electron chi connectivity index (χ0n) is 11.5. The number of hydrogen-bond donors (Lipinski definition) is 1. The molecule has 0 aliphatic carbocycles. The highest BCUT2D eigenvalue weighted by Crippen LogP contribution is 2.28. The van der Waals surface area contributed by atoms with Crippen LogP contribution in [0.15, 0.2) is 0 Å². The molecule has 2 saturated heterocycles. The molecular weight excluding hydrogens is 212 g/mol. The molecule has 0 aromatic heterocycles. The van der Waals surface area contributed by atoms with Crippen LogP contribution in [-0.4, -0.2) is 36.0 Å². The van der Waals surface area contributed by atoms with Crippen molar-refractivity contribution in [2.45, 2.75) is 52.0 Å². The second-order valence-electron chi connectivity index (χ2n) is 6.24. The van der Waals surface area contributed by atoms with E-state index in [1.807, 2.05) is 0 Å². The van der Waals surface area contributed by atoms with Crippen LogP contribution < -0.4 is 5.32 Å². The van der Waals surface area contributed by atoms with E-state index in [0.29, 0.717) is 5.91 Å². The van der Waals surface area contributed by atoms with Crippen LogP contribution in [0.5, 0.6) is 0 Å². The molecule has 98 valence electrons. The van der Waals surface area contributed by atoms with Gasteiger partial charge in [0, 0.05) is 13.1 Å². The van der Waals surface area contributed by atoms with E-state index in [2.05, 4.69) is 31.0 Å². The lowest BCUT2D eigenvalue weighted by Crippen LogP contribution is -2.54. The van der Waals surface area contributed by atoms with Gasteiger partial charge in [-0.1, -0.05) is 13.8 Å². The van der Waals surface area contributed by atoms with Gasteiger partial charge < -0.3 is 10.2 Å². The molecule has 0 bridgehead atoms. The van der Waals surface area contributed by atoms with E-state index in [1.54, 1.807) is 0 Å². The minimum absolute atomic E-state index is 0.273. The fourth-order valence-electron chi connectivity index (χ4n) is 3.20. The Morgan fingerprint density at radius 3 is 2.47 bits per heavy atom. The zero-order chi connectivity index (χ0) is 12.5. The first-order valence-corrected chi connectivity index (χ1v) is 7.07. The first-order valence-electron chi connectivity index (χ1n) is 7.07. The van der Waals surface area contributed by atoms with Crippen molar-refractivity contribution < 1.29 is 4.79 Å². The number of amides is 1. The first-order chi connectivity index (χ1) is 8.03. The van der Waals surface area contributed by atoms with Crippen LogP contribution in [0, 0.1) is 11.8 Å². The summed E-state index contributed by atoms with van der Waals surface area (Å²) in [5.74, 6) is 1.90. The maximum Gasteiger partial charge on any atom is 0.242 e. The average molecular weight is 238 g/mol. The molecule has 2 aliphatic rings. The summed E-state index contributed by atoms with van der Waals surface area (Å²) < 4.78 is 0. The van der Waals surface area contributed by atoms with Crippen LogP contribution >= 0.6 is 0 Å². The number of piperidine rings is 1. The van der Waals surface area contributed by atoms with Crippen LogP contribution in [0.4, 0.5) is 0 Å². The molecule has 0 saturated carbocycles. The predicted molar refractivity (Wildman–Crippen MR) is 69.8 cm³/mol. The highest BCUT2D eigenvalue weighted by atomic mass is 16.2. The van der Waals surface area contributed by atoms with Gasteiger partial charge in [0.25, 0.3) is 0 Å². The Bertz CT molecular complexity index is 274. The Kier molecular flexibility index (Phi) is 3.76. The zero-order valence-corrected chi connectivity index (χ0v) is 11.5. The molecule has 2 fully saturated rings. The standard InChI is InChI=1S/C14H26N2O/c1-11(2)12-5-9-16(10-6-12)13(17)14(3)7-4-8-15-14/h11-12,15H,4-10H2,1-3H3. The third-order valence-corrected chi connectivity index (χ3v) is 4.61. The van der Waals surface area contributed by atoms with E-state index in [4.69, 9.17) is 0 Å². The third-order valence-electron chi connectivity index (χ3n) is 4.61. The molecule has 0 aromatic carbocycles. The summed E-state index contributed by atoms with van der Waals surface area (Å²) in [6, 6.07) is 0. The summed E-state index contributed by atoms with van der Waals surface area (Å²) in [5, 5.41) is 3.37. The second-order valence-corrected chi connectivity index (χ2v) is 6.24. The van der Waals surface area contributed by atoms with Crippen molar-refractivity contribution in [2.24, 2.45) is 11.8 Å². The van der Waals surface area contributed by atoms with Gasteiger partial charge in [-0.2, -0.15) is 0 Å². The van der Waals surface area contributed by atoms with Crippen molar-refractivity contribution >= 4 is 5.91 Å². The number of hydrogen-bond acceptors (Lipinski definition) is 2. The molecular formula is C14H26N2O. The molecule has 2 aliphatic heterocycles. The van der Waals surface area contributed by atoms with E-state index in [-0.39, 0.29) is 5.54 Å². The van der Waals surface area contributed by atoms with Gasteiger partial charge in [-0.05, 0) is 51.0 Å². The smallest absolute Gasteiger partial charge is 0.242 e. The number of carbonyl (C=O) groups excluding carboxylic acids is 1. The molecule has 3 nitrogen and oxygen atoms in total. The number of carbonyl (C=O) groups is 1. The molecule has 1 N–H and O–H groups in total. The number of nitrogens with one attached hydrogen (secondary N) is 1. The highest BCUT2D eigenvalue weighted by Gasteiger charge is 2.39. The maximum absolute atomic E-state index is 12.5. The molecule has 0 aromatic rings. The van der Waals surface area contributed by atoms with Crippen LogP contribution in [0.25, 0.3) is 0 Å². The fraction of sp³-hybridized carbons (Fsp3) is 0.929. The largest absolute Gasteiger partial charge is 0.341 e. The van der Waals surface area contributed by atoms with Gasteiger partial charge in [0.15, 0.2) is 0 Å². The maximum atomic E-state index is 12.5. The quantitative estimate of drug-likeness (QED) is 0.798. The summed E-state index contributed by atoms with van der Waals surface area (Å²) in [6.07, 6.45) is 4.49. The Hall–Kier alpha value is -0.570. The summed E-state index contributed by atoms with van der Waals surface area (Å²) >= 11 is 0. The summed E-state index contributed by atoms with van der Waals surface area (Å²) in [5.41, 5.74) is -0.273. The molecule has 2 heterocycles. The topological polar surface area (TPSA) is 32.3 Å². The number of likely N-dealkylation sites (tertiary alicyclic amines) is 1. The molecule has 17 heavy (non-hydrogen) atoms. The van der Waals surface area contributed by atoms with Gasteiger partial charge in [0.2, 0.25) is 5.91 Å². The lowest BCUT2D eigenvalue weighted by molar-refractivity contribution is -0.138. The van der Waals surface area contributed by atoms with Crippen molar-refractivity contribution in [3.05, 3.63) is 0 Å². The van der Waals surface area contributed by atoms with E-state index < -0.39 is 0 Å². The summed E-state index contributed by atoms with van der Waals surface area (Å²) in [7, 11) is 0. The van der Waals surface area contributed by atoms with E-state index in [9.17, 15) is 4.79 Å². The molecule has 0 spiro atoms. The van der Waals surface area contributed by atoms with Crippen molar-refractivity contribution in [3.8, 4) is 0 Å². The molecule has 1 unspecified atom stereocenters. The Morgan fingerprint density at radius 2 is 2.00 bits per heavy atom. The Balaban J connectivity index is 1.90. The van der Waals surface area contributed by atoms with Crippen LogP contribution in [-0.2, 0) is 4.79 Å². The number of rotatable bonds is 2. The molecule has 1 atom stereocenters. The van der Waals surface area contributed by atoms with Crippen LogP contribution in [0.1, 0.15) is 46.5 Å². The molecule has 3 heteroatoms. The fourth-order valence-corrected chi connectivity index (χ4v) is 3.20. The lowest BCUT2D eigenvalue weighted by Gasteiger charge is -2.38. The van der Waals surface area contributed by atoms with Gasteiger partial charge in [0.05, 0.1) is 5.54 Å². The van der Waals surface area contributed by atoms with Crippen LogP contribution in [0.3, 0.4) is 0 Å². The monoisotopic (exact) mass is 238 g/mol. The molecule has 2 rings (SSSR count). The van der Waals surface area contributed by atoms with Crippen molar-refractivity contribution in [3.63, 3.8) is 0 Å². The first kappa shape index (κ1) is 12.9. The average Bonchev–Trinajstić information content (AvgIpc) is 2.76. The third kappa shape index (κ3) is 2.65. The minimum Gasteiger partial charge on any atom is -0.341 e. The minimum atomic E-state index is -0.273. The van der Waals surface area contributed by atoms with Gasteiger partial charge in [-0.15, -0.1) is 0 Å². The van der Waals surface area contributed by atoms with E-state index in [1.165, 1.54) is 12.8 Å². The van der Waals surface area contributed by atoms with Gasteiger partial charge >= 0.3 is 0 Å². The van der Waals surface area contributed by atoms with Gasteiger partial charge in [-0.25, -0.2) is 0 Å². The molecule has 1 amide bonds. The number of nitrogens with zero attached hydrogens (tertiary/aromatic N) is 1. The van der Waals surface area contributed by atoms with Gasteiger partial charge in [-0.3, -0.25) is 4.79 Å². The van der Waals surface area contributed by atoms with Crippen molar-refractivity contribution in [1.82, 2.24) is 10.2 Å². The summed E-state index contributed by atoms with van der Waals surface area (Å²) in [6.45, 7) is 9.56. The lowest BCUT2D eigenvalue weighted by atomic mass is 9.86.